The summed E-state index contributed by atoms with van der Waals surface area (Å²) >= 11 is 0. The summed E-state index contributed by atoms with van der Waals surface area (Å²) in [5, 5.41) is 0. The zero-order chi connectivity index (χ0) is 16.4. The van der Waals surface area contributed by atoms with Crippen LogP contribution in [0.4, 0.5) is 0 Å². The van der Waals surface area contributed by atoms with Crippen molar-refractivity contribution in [3.05, 3.63) is 11.6 Å². The fraction of sp³-hybridized carbons (Fsp3) is 0.913. The Balaban J connectivity index is 1.58. The second-order valence-corrected chi connectivity index (χ2v) is 10.6. The molecule has 4 aliphatic carbocycles. The van der Waals surface area contributed by atoms with E-state index in [9.17, 15) is 0 Å². The smallest absolute Gasteiger partial charge is 0.00853 e. The lowest BCUT2D eigenvalue weighted by Crippen LogP contribution is -2.49. The van der Waals surface area contributed by atoms with Gasteiger partial charge in [-0.05, 0) is 105 Å². The van der Waals surface area contributed by atoms with Crippen LogP contribution in [0.5, 0.6) is 0 Å². The molecule has 4 saturated carbocycles. The molecule has 0 heteroatoms. The summed E-state index contributed by atoms with van der Waals surface area (Å²) in [6.45, 7) is 12.5. The van der Waals surface area contributed by atoms with Gasteiger partial charge in [0.25, 0.3) is 0 Å². The Bertz CT molecular complexity index is 498. The third kappa shape index (κ3) is 2.30. The summed E-state index contributed by atoms with van der Waals surface area (Å²) in [5.74, 6) is 6.18. The van der Waals surface area contributed by atoms with Crippen molar-refractivity contribution in [1.29, 1.82) is 0 Å². The highest BCUT2D eigenvalue weighted by atomic mass is 14.6. The third-order valence-electron chi connectivity index (χ3n) is 9.46. The van der Waals surface area contributed by atoms with Crippen LogP contribution in [0.25, 0.3) is 0 Å². The van der Waals surface area contributed by atoms with Crippen molar-refractivity contribution < 1.29 is 0 Å². The molecule has 4 aliphatic rings. The number of rotatable bonds is 0. The van der Waals surface area contributed by atoms with Gasteiger partial charge in [0.15, 0.2) is 0 Å². The van der Waals surface area contributed by atoms with Crippen molar-refractivity contribution in [2.45, 2.75) is 86.0 Å². The van der Waals surface area contributed by atoms with Gasteiger partial charge in [-0.25, -0.2) is 0 Å². The first kappa shape index (κ1) is 16.2. The lowest BCUT2D eigenvalue weighted by atomic mass is 9.47. The molecule has 4 fully saturated rings. The highest BCUT2D eigenvalue weighted by Crippen LogP contribution is 2.65. The van der Waals surface area contributed by atoms with E-state index in [1.807, 2.05) is 0 Å². The Labute approximate surface area is 144 Å². The van der Waals surface area contributed by atoms with E-state index in [2.05, 4.69) is 40.7 Å². The van der Waals surface area contributed by atoms with Crippen LogP contribution in [0.1, 0.15) is 86.0 Å². The molecular formula is C23H38. The van der Waals surface area contributed by atoms with Crippen molar-refractivity contribution in [2.75, 3.05) is 0 Å². The number of fused-ring (bicyclic) bond motifs is 5. The van der Waals surface area contributed by atoms with E-state index in [4.69, 9.17) is 0 Å². The van der Waals surface area contributed by atoms with Gasteiger partial charge >= 0.3 is 0 Å². The molecule has 0 saturated heterocycles. The van der Waals surface area contributed by atoms with Gasteiger partial charge in [-0.1, -0.05) is 39.3 Å². The minimum absolute atomic E-state index is 0.572. The van der Waals surface area contributed by atoms with E-state index in [0.717, 1.165) is 35.5 Å². The first-order valence-corrected chi connectivity index (χ1v) is 10.5. The fourth-order valence-electron chi connectivity index (χ4n) is 7.78. The summed E-state index contributed by atoms with van der Waals surface area (Å²) in [5.41, 5.74) is 2.96. The molecule has 0 radical (unpaired) electrons. The average Bonchev–Trinajstić information content (AvgIpc) is 2.84. The second kappa shape index (κ2) is 5.37. The summed E-state index contributed by atoms with van der Waals surface area (Å²) in [6, 6.07) is 0. The largest absolute Gasteiger partial charge is 0.0879 e. The SMILES string of the molecule is CC=C1CC[C@H]2[C@@H]3CC[C@H]4CC(C)(C)[C@@H](C)C[C@@H]4[C@H]3CC[C@]12C. The number of hydrogen-bond donors (Lipinski definition) is 0. The Morgan fingerprint density at radius 2 is 1.74 bits per heavy atom. The molecule has 0 aliphatic heterocycles. The van der Waals surface area contributed by atoms with Gasteiger partial charge in [0.1, 0.15) is 0 Å². The Morgan fingerprint density at radius 3 is 2.48 bits per heavy atom. The van der Waals surface area contributed by atoms with Crippen LogP contribution >= 0.6 is 0 Å². The van der Waals surface area contributed by atoms with Crippen molar-refractivity contribution in [1.82, 2.24) is 0 Å². The molecule has 0 aromatic carbocycles. The van der Waals surface area contributed by atoms with Crippen molar-refractivity contribution in [3.63, 3.8) is 0 Å². The molecule has 0 spiro atoms. The molecule has 130 valence electrons. The van der Waals surface area contributed by atoms with Gasteiger partial charge in [-0.3, -0.25) is 0 Å². The van der Waals surface area contributed by atoms with Crippen molar-refractivity contribution in [3.8, 4) is 0 Å². The maximum absolute atomic E-state index is 2.62. The topological polar surface area (TPSA) is 0 Å². The van der Waals surface area contributed by atoms with Crippen LogP contribution in [-0.2, 0) is 0 Å². The fourth-order valence-corrected chi connectivity index (χ4v) is 7.78. The van der Waals surface area contributed by atoms with Gasteiger partial charge in [-0.2, -0.15) is 0 Å². The standard InChI is InChI=1S/C23H38/c1-6-17-8-10-21-19-9-7-16-14-22(3,4)15(2)13-20(16)18(19)11-12-23(17,21)5/h6,15-16,18-21H,7-14H2,1-5H3/t15-,16-,18-,19+,20-,21-,23+/m0/s1. The maximum atomic E-state index is 2.62. The van der Waals surface area contributed by atoms with Gasteiger partial charge in [0.2, 0.25) is 0 Å². The summed E-state index contributed by atoms with van der Waals surface area (Å²) in [6.07, 6.45) is 14.5. The molecule has 0 aromatic heterocycles. The summed E-state index contributed by atoms with van der Waals surface area (Å²) < 4.78 is 0. The molecule has 7 atom stereocenters. The van der Waals surface area contributed by atoms with E-state index < -0.39 is 0 Å². The molecular weight excluding hydrogens is 276 g/mol. The molecule has 0 heterocycles. The first-order chi connectivity index (χ1) is 10.9. The van der Waals surface area contributed by atoms with Crippen LogP contribution in [0.3, 0.4) is 0 Å². The van der Waals surface area contributed by atoms with Crippen molar-refractivity contribution >= 4 is 0 Å². The Morgan fingerprint density at radius 1 is 0.957 bits per heavy atom. The lowest BCUT2D eigenvalue weighted by Gasteiger charge is -2.58. The number of allylic oxidation sites excluding steroid dienone is 2. The van der Waals surface area contributed by atoms with Gasteiger partial charge in [0, 0.05) is 0 Å². The van der Waals surface area contributed by atoms with Crippen LogP contribution in [0.15, 0.2) is 11.6 Å². The summed E-state index contributed by atoms with van der Waals surface area (Å²) in [7, 11) is 0. The van der Waals surface area contributed by atoms with E-state index in [-0.39, 0.29) is 0 Å². The molecule has 0 bridgehead atoms. The van der Waals surface area contributed by atoms with Gasteiger partial charge < -0.3 is 0 Å². The van der Waals surface area contributed by atoms with Gasteiger partial charge in [0.05, 0.1) is 0 Å². The molecule has 0 aromatic rings. The highest BCUT2D eigenvalue weighted by molar-refractivity contribution is 5.23. The molecule has 23 heavy (non-hydrogen) atoms. The van der Waals surface area contributed by atoms with E-state index in [0.29, 0.717) is 10.8 Å². The zero-order valence-corrected chi connectivity index (χ0v) is 16.2. The van der Waals surface area contributed by atoms with Crippen LogP contribution in [0, 0.1) is 46.3 Å². The zero-order valence-electron chi connectivity index (χ0n) is 16.2. The minimum atomic E-state index is 0.572. The van der Waals surface area contributed by atoms with Crippen LogP contribution < -0.4 is 0 Å². The molecule has 0 amide bonds. The minimum Gasteiger partial charge on any atom is -0.0879 e. The molecule has 4 rings (SSSR count). The normalized spacial score (nSPS) is 53.5. The number of hydrogen-bond acceptors (Lipinski definition) is 0. The Kier molecular flexibility index (Phi) is 3.79. The first-order valence-electron chi connectivity index (χ1n) is 10.5. The van der Waals surface area contributed by atoms with Crippen molar-refractivity contribution in [2.24, 2.45) is 46.3 Å². The molecule has 0 unspecified atom stereocenters. The second-order valence-electron chi connectivity index (χ2n) is 10.6. The quantitative estimate of drug-likeness (QED) is 0.428. The highest BCUT2D eigenvalue weighted by Gasteiger charge is 2.56. The van der Waals surface area contributed by atoms with E-state index >= 15 is 0 Å². The third-order valence-corrected chi connectivity index (χ3v) is 9.46. The predicted octanol–water partition coefficient (Wildman–Crippen LogP) is 6.86. The average molecular weight is 315 g/mol. The maximum Gasteiger partial charge on any atom is -0.00853 e. The molecule has 0 N–H and O–H groups in total. The van der Waals surface area contributed by atoms with E-state index in [1.54, 1.807) is 18.4 Å². The Hall–Kier alpha value is -0.260. The van der Waals surface area contributed by atoms with E-state index in [1.165, 1.54) is 38.5 Å². The van der Waals surface area contributed by atoms with Crippen LogP contribution in [0.2, 0.25) is 0 Å². The van der Waals surface area contributed by atoms with Gasteiger partial charge in [-0.15, -0.1) is 0 Å². The lowest BCUT2D eigenvalue weighted by molar-refractivity contribution is -0.0752. The summed E-state index contributed by atoms with van der Waals surface area (Å²) in [4.78, 5) is 0. The predicted molar refractivity (Wildman–Crippen MR) is 99.2 cm³/mol. The monoisotopic (exact) mass is 314 g/mol. The van der Waals surface area contributed by atoms with Crippen LogP contribution in [-0.4, -0.2) is 0 Å². The molecule has 0 nitrogen and oxygen atoms in total.